The van der Waals surface area contributed by atoms with Crippen LogP contribution in [0.25, 0.3) is 38.6 Å². The van der Waals surface area contributed by atoms with Crippen molar-refractivity contribution in [2.45, 2.75) is 12.1 Å². The highest BCUT2D eigenvalue weighted by molar-refractivity contribution is 6.06. The topological polar surface area (TPSA) is 38.1 Å². The van der Waals surface area contributed by atoms with Crippen molar-refractivity contribution >= 4 is 50.3 Å². The van der Waals surface area contributed by atoms with E-state index < -0.39 is 0 Å². The van der Waals surface area contributed by atoms with Crippen LogP contribution in [0, 0.1) is 0 Å². The maximum absolute atomic E-state index is 7.03. The van der Waals surface area contributed by atoms with E-state index in [2.05, 4.69) is 131 Å². The summed E-state index contributed by atoms with van der Waals surface area (Å²) in [5.41, 5.74) is 11.8. The minimum atomic E-state index is -0.281. The number of hydrogen-bond donors (Lipinski definition) is 0. The third kappa shape index (κ3) is 3.43. The van der Waals surface area contributed by atoms with Crippen molar-refractivity contribution in [3.8, 4) is 28.4 Å². The van der Waals surface area contributed by atoms with Gasteiger partial charge in [0.25, 0.3) is 0 Å². The molecule has 0 N–H and O–H groups in total. The zero-order chi connectivity index (χ0) is 30.6. The molecule has 222 valence electrons. The number of fused-ring (bicyclic) bond motifs is 4. The number of nitrogens with zero attached hydrogens (tertiary/aromatic N) is 2. The summed E-state index contributed by atoms with van der Waals surface area (Å²) < 4.78 is 19.8. The molecule has 5 heteroatoms. The maximum Gasteiger partial charge on any atom is 0.164 e. The molecule has 47 heavy (non-hydrogen) atoms. The molecule has 2 atom stereocenters. The van der Waals surface area contributed by atoms with Crippen LogP contribution in [0.4, 0.5) is 22.7 Å². The Kier molecular flexibility index (Phi) is 4.89. The molecule has 0 radical (unpaired) electrons. The fraction of sp³-hybridized carbons (Fsp3) is 0.0476. The lowest BCUT2D eigenvalue weighted by Crippen LogP contribution is -2.50. The molecule has 0 amide bonds. The first-order valence-corrected chi connectivity index (χ1v) is 16.0. The molecule has 1 aliphatic carbocycles. The molecule has 0 fully saturated rings. The van der Waals surface area contributed by atoms with Crippen molar-refractivity contribution in [2.75, 3.05) is 9.80 Å². The molecule has 4 aliphatic rings. The largest absolute Gasteiger partial charge is 0.479 e. The Hall–Kier alpha value is -6.20. The van der Waals surface area contributed by atoms with Crippen LogP contribution in [0.3, 0.4) is 0 Å². The van der Waals surface area contributed by atoms with Gasteiger partial charge in [0.2, 0.25) is 0 Å². The van der Waals surface area contributed by atoms with Gasteiger partial charge in [-0.05, 0) is 71.3 Å². The smallest absolute Gasteiger partial charge is 0.164 e. The van der Waals surface area contributed by atoms with Crippen molar-refractivity contribution in [3.63, 3.8) is 0 Å². The van der Waals surface area contributed by atoms with Crippen molar-refractivity contribution in [3.05, 3.63) is 157 Å². The van der Waals surface area contributed by atoms with E-state index in [9.17, 15) is 0 Å². The van der Waals surface area contributed by atoms with Crippen LogP contribution < -0.4 is 19.3 Å². The summed E-state index contributed by atoms with van der Waals surface area (Å²) in [4.78, 5) is 4.78. The Labute approximate surface area is 270 Å². The van der Waals surface area contributed by atoms with Gasteiger partial charge < -0.3 is 23.7 Å². The van der Waals surface area contributed by atoms with E-state index >= 15 is 0 Å². The molecule has 0 bridgehead atoms. The van der Waals surface area contributed by atoms with Gasteiger partial charge in [-0.3, -0.25) is 0 Å². The van der Waals surface area contributed by atoms with Gasteiger partial charge in [0.15, 0.2) is 17.6 Å². The van der Waals surface area contributed by atoms with E-state index in [0.717, 1.165) is 67.6 Å². The first kappa shape index (κ1) is 25.0. The van der Waals surface area contributed by atoms with E-state index in [1.54, 1.807) is 0 Å². The number of furan rings is 1. The lowest BCUT2D eigenvalue weighted by molar-refractivity contribution is 0.207. The molecule has 11 rings (SSSR count). The highest BCUT2D eigenvalue weighted by Crippen LogP contribution is 2.63. The Morgan fingerprint density at radius 2 is 1.28 bits per heavy atom. The molecule has 5 nitrogen and oxygen atoms in total. The average Bonchev–Trinajstić information content (AvgIpc) is 3.67. The molecular weight excluding hydrogens is 580 g/mol. The number of anilines is 4. The SMILES string of the molecule is C1=C2c3cccc4c3N3c5c(cccc5OC(C(N(c5ccc(-c6ccccc6)cc5)c5ccc6c(c5)oc5ccccc56)=C1)C23)O4. The zero-order valence-electron chi connectivity index (χ0n) is 25.1. The fourth-order valence-electron chi connectivity index (χ4n) is 7.93. The standard InChI is InChI=1S/C42H26N2O3/c1-2-8-25(9-3-1)26-16-18-27(19-17-26)43(28-20-21-30-29-10-4-5-12-34(29)45-38(30)24-28)33-23-22-32-31-11-6-13-35-39(31)44-40(32)42(33)47-37-15-7-14-36(46-35)41(37)44/h1-24,40,42H. The van der Waals surface area contributed by atoms with Crippen LogP contribution in [0.5, 0.6) is 17.2 Å². The van der Waals surface area contributed by atoms with Gasteiger partial charge in [-0.1, -0.05) is 84.9 Å². The van der Waals surface area contributed by atoms with E-state index in [1.807, 2.05) is 24.3 Å². The molecule has 2 unspecified atom stereocenters. The van der Waals surface area contributed by atoms with Gasteiger partial charge in [0, 0.05) is 33.8 Å². The van der Waals surface area contributed by atoms with Gasteiger partial charge in [0.1, 0.15) is 28.6 Å². The molecule has 3 aliphatic heterocycles. The molecule has 6 aromatic carbocycles. The van der Waals surface area contributed by atoms with Crippen LogP contribution in [0.2, 0.25) is 0 Å². The summed E-state index contributed by atoms with van der Waals surface area (Å²) in [5.74, 6) is 2.53. The van der Waals surface area contributed by atoms with E-state index in [1.165, 1.54) is 22.3 Å². The van der Waals surface area contributed by atoms with Crippen LogP contribution in [-0.4, -0.2) is 12.1 Å². The third-order valence-electron chi connectivity index (χ3n) is 9.95. The van der Waals surface area contributed by atoms with E-state index in [-0.39, 0.29) is 12.1 Å². The quantitative estimate of drug-likeness (QED) is 0.199. The van der Waals surface area contributed by atoms with Crippen LogP contribution in [0.1, 0.15) is 5.56 Å². The van der Waals surface area contributed by atoms with Gasteiger partial charge in [-0.2, -0.15) is 0 Å². The third-order valence-corrected chi connectivity index (χ3v) is 9.95. The fourth-order valence-corrected chi connectivity index (χ4v) is 7.93. The minimum Gasteiger partial charge on any atom is -0.479 e. The number of para-hydroxylation sites is 3. The number of rotatable bonds is 4. The highest BCUT2D eigenvalue weighted by Gasteiger charge is 2.52. The molecule has 7 aromatic rings. The lowest BCUT2D eigenvalue weighted by Gasteiger charge is -2.46. The summed E-state index contributed by atoms with van der Waals surface area (Å²) in [6.45, 7) is 0. The lowest BCUT2D eigenvalue weighted by atomic mass is 9.89. The predicted octanol–water partition coefficient (Wildman–Crippen LogP) is 10.8. The predicted molar refractivity (Wildman–Crippen MR) is 187 cm³/mol. The average molecular weight is 607 g/mol. The molecule has 0 saturated carbocycles. The van der Waals surface area contributed by atoms with E-state index in [0.29, 0.717) is 0 Å². The van der Waals surface area contributed by atoms with Crippen LogP contribution in [0.15, 0.2) is 156 Å². The second kappa shape index (κ2) is 9.18. The summed E-state index contributed by atoms with van der Waals surface area (Å²) in [5, 5.41) is 2.22. The van der Waals surface area contributed by atoms with Crippen LogP contribution >= 0.6 is 0 Å². The molecule has 1 aromatic heterocycles. The Bertz CT molecular complexity index is 2490. The van der Waals surface area contributed by atoms with Crippen molar-refractivity contribution in [2.24, 2.45) is 0 Å². The Morgan fingerprint density at radius 3 is 2.17 bits per heavy atom. The normalized spacial score (nSPS) is 17.9. The highest BCUT2D eigenvalue weighted by atomic mass is 16.5. The number of allylic oxidation sites excluding steroid dienone is 2. The zero-order valence-corrected chi connectivity index (χ0v) is 25.1. The Morgan fingerprint density at radius 1 is 0.553 bits per heavy atom. The summed E-state index contributed by atoms with van der Waals surface area (Å²) in [7, 11) is 0. The van der Waals surface area contributed by atoms with Crippen molar-refractivity contribution in [1.29, 1.82) is 0 Å². The summed E-state index contributed by atoms with van der Waals surface area (Å²) in [6, 6.07) is 46.5. The number of benzene rings is 6. The van der Waals surface area contributed by atoms with Gasteiger partial charge in [-0.25, -0.2) is 0 Å². The van der Waals surface area contributed by atoms with Gasteiger partial charge >= 0.3 is 0 Å². The first-order valence-electron chi connectivity index (χ1n) is 16.0. The molecule has 4 heterocycles. The van der Waals surface area contributed by atoms with Crippen molar-refractivity contribution < 1.29 is 13.9 Å². The Balaban J connectivity index is 1.12. The van der Waals surface area contributed by atoms with Gasteiger partial charge in [0.05, 0.1) is 11.4 Å². The second-order valence-corrected chi connectivity index (χ2v) is 12.5. The molecular formula is C42H26N2O3. The summed E-state index contributed by atoms with van der Waals surface area (Å²) >= 11 is 0. The second-order valence-electron chi connectivity index (χ2n) is 12.5. The molecule has 0 spiro atoms. The maximum atomic E-state index is 7.03. The molecule has 0 saturated heterocycles. The number of ether oxygens (including phenoxy) is 2. The first-order chi connectivity index (χ1) is 23.3. The monoisotopic (exact) mass is 606 g/mol. The van der Waals surface area contributed by atoms with Crippen LogP contribution in [-0.2, 0) is 0 Å². The van der Waals surface area contributed by atoms with E-state index in [4.69, 9.17) is 13.9 Å². The van der Waals surface area contributed by atoms with Crippen molar-refractivity contribution in [1.82, 2.24) is 0 Å². The summed E-state index contributed by atoms with van der Waals surface area (Å²) in [6.07, 6.45) is 4.22. The minimum absolute atomic E-state index is 0.0373. The van der Waals surface area contributed by atoms with Gasteiger partial charge in [-0.15, -0.1) is 0 Å². The number of hydrogen-bond acceptors (Lipinski definition) is 5.